The van der Waals surface area contributed by atoms with Crippen LogP contribution < -0.4 is 20.1 Å². The number of carbonyl (C=O) groups excluding carboxylic acids is 1. The number of amides is 1. The minimum atomic E-state index is -0.253. The lowest BCUT2D eigenvalue weighted by atomic mass is 10.3. The molecule has 0 aliphatic carbocycles. The van der Waals surface area contributed by atoms with Crippen molar-refractivity contribution < 1.29 is 14.3 Å². The number of hydrogen-bond acceptors (Lipinski definition) is 4. The Bertz CT molecular complexity index is 952. The van der Waals surface area contributed by atoms with Gasteiger partial charge in [0.05, 0.1) is 28.0 Å². The number of ether oxygens (including phenoxy) is 2. The molecule has 5 nitrogen and oxygen atoms in total. The summed E-state index contributed by atoms with van der Waals surface area (Å²) in [7, 11) is 0. The number of anilines is 2. The molecular weight excluding hydrogens is 411 g/mol. The van der Waals surface area contributed by atoms with Gasteiger partial charge in [0.15, 0.2) is 0 Å². The van der Waals surface area contributed by atoms with Gasteiger partial charge in [0, 0.05) is 0 Å². The van der Waals surface area contributed by atoms with Crippen molar-refractivity contribution in [3.63, 3.8) is 0 Å². The summed E-state index contributed by atoms with van der Waals surface area (Å²) in [5.74, 6) is 1.17. The standard InChI is InChI=1S/C22H20Cl2N2O3/c23-17-9-6-11-19(22(17)24)26-21(27)15-25-18-10-4-5-12-20(18)29-14-13-28-16-7-2-1-3-8-16/h1-12,25H,13-15H2,(H,26,27). The summed E-state index contributed by atoms with van der Waals surface area (Å²) >= 11 is 12.1. The van der Waals surface area contributed by atoms with Crippen LogP contribution in [0.2, 0.25) is 10.0 Å². The quantitative estimate of drug-likeness (QED) is 0.439. The van der Waals surface area contributed by atoms with Crippen LogP contribution in [0.15, 0.2) is 72.8 Å². The van der Waals surface area contributed by atoms with Gasteiger partial charge >= 0.3 is 0 Å². The molecule has 0 bridgehead atoms. The van der Waals surface area contributed by atoms with Gasteiger partial charge in [-0.2, -0.15) is 0 Å². The highest BCUT2D eigenvalue weighted by Gasteiger charge is 2.09. The molecule has 0 aromatic heterocycles. The third kappa shape index (κ3) is 6.31. The summed E-state index contributed by atoms with van der Waals surface area (Å²) < 4.78 is 11.4. The SMILES string of the molecule is O=C(CNc1ccccc1OCCOc1ccccc1)Nc1cccc(Cl)c1Cl. The zero-order chi connectivity index (χ0) is 20.5. The molecule has 0 unspecified atom stereocenters. The summed E-state index contributed by atoms with van der Waals surface area (Å²) in [4.78, 5) is 12.2. The molecule has 2 N–H and O–H groups in total. The first-order valence-corrected chi connectivity index (χ1v) is 9.76. The first-order valence-electron chi connectivity index (χ1n) is 9.01. The number of nitrogens with one attached hydrogen (secondary N) is 2. The van der Waals surface area contributed by atoms with Crippen LogP contribution in [-0.2, 0) is 4.79 Å². The van der Waals surface area contributed by atoms with E-state index in [1.54, 1.807) is 18.2 Å². The molecule has 0 aliphatic rings. The van der Waals surface area contributed by atoms with E-state index in [1.807, 2.05) is 54.6 Å². The van der Waals surface area contributed by atoms with Crippen LogP contribution in [0.5, 0.6) is 11.5 Å². The van der Waals surface area contributed by atoms with Gasteiger partial charge in [-0.3, -0.25) is 4.79 Å². The molecule has 0 radical (unpaired) electrons. The Morgan fingerprint density at radius 3 is 2.31 bits per heavy atom. The second-order valence-corrected chi connectivity index (χ2v) is 6.79. The Labute approximate surface area is 179 Å². The van der Waals surface area contributed by atoms with Crippen molar-refractivity contribution in [2.45, 2.75) is 0 Å². The lowest BCUT2D eigenvalue weighted by Gasteiger charge is -2.14. The molecule has 0 aliphatic heterocycles. The summed E-state index contributed by atoms with van der Waals surface area (Å²) in [6.07, 6.45) is 0. The van der Waals surface area contributed by atoms with E-state index in [0.717, 1.165) is 5.75 Å². The lowest BCUT2D eigenvalue weighted by molar-refractivity contribution is -0.114. The normalized spacial score (nSPS) is 10.3. The van der Waals surface area contributed by atoms with Crippen LogP contribution in [0.4, 0.5) is 11.4 Å². The Hall–Kier alpha value is -2.89. The van der Waals surface area contributed by atoms with Crippen molar-refractivity contribution in [2.75, 3.05) is 30.4 Å². The molecule has 0 spiro atoms. The zero-order valence-corrected chi connectivity index (χ0v) is 17.0. The van der Waals surface area contributed by atoms with E-state index in [2.05, 4.69) is 10.6 Å². The van der Waals surface area contributed by atoms with Gasteiger partial charge in [-0.1, -0.05) is 59.6 Å². The van der Waals surface area contributed by atoms with Crippen LogP contribution in [-0.4, -0.2) is 25.7 Å². The van der Waals surface area contributed by atoms with Crippen LogP contribution in [0.1, 0.15) is 0 Å². The molecule has 0 saturated carbocycles. The monoisotopic (exact) mass is 430 g/mol. The van der Waals surface area contributed by atoms with E-state index in [1.165, 1.54) is 0 Å². The predicted octanol–water partition coefficient (Wildman–Crippen LogP) is 5.50. The molecule has 0 atom stereocenters. The van der Waals surface area contributed by atoms with E-state index in [4.69, 9.17) is 32.7 Å². The molecule has 3 rings (SSSR count). The minimum absolute atomic E-state index is 0.0454. The maximum atomic E-state index is 12.2. The zero-order valence-electron chi connectivity index (χ0n) is 15.5. The number of halogens is 2. The average molecular weight is 431 g/mol. The van der Waals surface area contributed by atoms with Crippen LogP contribution in [0.3, 0.4) is 0 Å². The highest BCUT2D eigenvalue weighted by Crippen LogP contribution is 2.29. The Morgan fingerprint density at radius 1 is 0.793 bits per heavy atom. The van der Waals surface area contributed by atoms with Gasteiger partial charge in [0.2, 0.25) is 5.91 Å². The van der Waals surface area contributed by atoms with Crippen molar-refractivity contribution in [3.8, 4) is 11.5 Å². The first kappa shape index (κ1) is 20.8. The molecule has 0 heterocycles. The van der Waals surface area contributed by atoms with E-state index in [0.29, 0.717) is 40.4 Å². The first-order chi connectivity index (χ1) is 14.1. The summed E-state index contributed by atoms with van der Waals surface area (Å²) in [6.45, 7) is 0.827. The van der Waals surface area contributed by atoms with Gasteiger partial charge in [-0.25, -0.2) is 0 Å². The Kier molecular flexibility index (Phi) is 7.61. The summed E-state index contributed by atoms with van der Waals surface area (Å²) in [6, 6.07) is 22.0. The number of rotatable bonds is 9. The van der Waals surface area contributed by atoms with Crippen molar-refractivity contribution in [1.29, 1.82) is 0 Å². The molecule has 3 aromatic rings. The number of benzene rings is 3. The van der Waals surface area contributed by atoms with Crippen molar-refractivity contribution >= 4 is 40.5 Å². The second-order valence-electron chi connectivity index (χ2n) is 6.01. The van der Waals surface area contributed by atoms with Gasteiger partial charge in [-0.05, 0) is 36.4 Å². The maximum absolute atomic E-state index is 12.2. The van der Waals surface area contributed by atoms with E-state index >= 15 is 0 Å². The topological polar surface area (TPSA) is 59.6 Å². The summed E-state index contributed by atoms with van der Waals surface area (Å²) in [5.41, 5.74) is 1.17. The average Bonchev–Trinajstić information content (AvgIpc) is 2.74. The second kappa shape index (κ2) is 10.6. The molecule has 0 saturated heterocycles. The molecule has 0 fully saturated rings. The van der Waals surface area contributed by atoms with E-state index < -0.39 is 0 Å². The van der Waals surface area contributed by atoms with E-state index in [-0.39, 0.29) is 12.5 Å². The summed E-state index contributed by atoms with van der Waals surface area (Å²) in [5, 5.41) is 6.50. The molecule has 1 amide bonds. The maximum Gasteiger partial charge on any atom is 0.243 e. The molecule has 150 valence electrons. The Balaban J connectivity index is 1.49. The lowest BCUT2D eigenvalue weighted by Crippen LogP contribution is -2.22. The third-order valence-electron chi connectivity index (χ3n) is 3.90. The highest BCUT2D eigenvalue weighted by molar-refractivity contribution is 6.44. The largest absolute Gasteiger partial charge is 0.490 e. The molecule has 29 heavy (non-hydrogen) atoms. The smallest absolute Gasteiger partial charge is 0.243 e. The molecule has 3 aromatic carbocycles. The number of para-hydroxylation sites is 3. The fourth-order valence-corrected chi connectivity index (χ4v) is 2.88. The highest BCUT2D eigenvalue weighted by atomic mass is 35.5. The van der Waals surface area contributed by atoms with Crippen LogP contribution in [0.25, 0.3) is 0 Å². The molecule has 7 heteroatoms. The number of hydrogen-bond donors (Lipinski definition) is 2. The molecular formula is C22H20Cl2N2O3. The van der Waals surface area contributed by atoms with Gasteiger partial charge in [-0.15, -0.1) is 0 Å². The van der Waals surface area contributed by atoms with Gasteiger partial charge in [0.25, 0.3) is 0 Å². The Morgan fingerprint density at radius 2 is 1.48 bits per heavy atom. The predicted molar refractivity (Wildman–Crippen MR) is 117 cm³/mol. The van der Waals surface area contributed by atoms with Crippen molar-refractivity contribution in [2.24, 2.45) is 0 Å². The van der Waals surface area contributed by atoms with E-state index in [9.17, 15) is 4.79 Å². The minimum Gasteiger partial charge on any atom is -0.490 e. The van der Waals surface area contributed by atoms with Crippen molar-refractivity contribution in [3.05, 3.63) is 82.8 Å². The van der Waals surface area contributed by atoms with Gasteiger partial charge < -0.3 is 20.1 Å². The fourth-order valence-electron chi connectivity index (χ4n) is 2.54. The third-order valence-corrected chi connectivity index (χ3v) is 4.72. The fraction of sp³-hybridized carbons (Fsp3) is 0.136. The van der Waals surface area contributed by atoms with Crippen LogP contribution in [0, 0.1) is 0 Å². The number of carbonyl (C=O) groups is 1. The van der Waals surface area contributed by atoms with Crippen LogP contribution >= 0.6 is 23.2 Å². The van der Waals surface area contributed by atoms with Crippen molar-refractivity contribution in [1.82, 2.24) is 0 Å². The van der Waals surface area contributed by atoms with Gasteiger partial charge in [0.1, 0.15) is 24.7 Å².